The average Bonchev–Trinajstić information content (AvgIpc) is 3.38. The molecular formula is C28H29F3N3O8S3+. The molecule has 2 heterocycles. The van der Waals surface area contributed by atoms with Gasteiger partial charge in [0.1, 0.15) is 16.3 Å². The summed E-state index contributed by atoms with van der Waals surface area (Å²) in [4.78, 5) is 42.7. The monoisotopic (exact) mass is 688 g/mol. The van der Waals surface area contributed by atoms with Crippen LogP contribution in [-0.2, 0) is 32.6 Å². The average molecular weight is 689 g/mol. The number of urea groups is 1. The molecule has 1 aromatic heterocycles. The third-order valence-corrected chi connectivity index (χ3v) is 10.4. The zero-order valence-corrected chi connectivity index (χ0v) is 26.7. The number of fused-ring (bicyclic) bond motifs is 1. The molecular weight excluding hydrogens is 660 g/mol. The third kappa shape index (κ3) is 6.73. The van der Waals surface area contributed by atoms with Gasteiger partial charge in [-0.3, -0.25) is 0 Å². The van der Waals surface area contributed by atoms with Gasteiger partial charge in [-0.25, -0.2) is 32.4 Å². The van der Waals surface area contributed by atoms with Gasteiger partial charge in [0, 0.05) is 29.0 Å². The predicted octanol–water partition coefficient (Wildman–Crippen LogP) is 5.26. The number of hydrogen-bond acceptors (Lipinski definition) is 9. The molecule has 0 fully saturated rings. The summed E-state index contributed by atoms with van der Waals surface area (Å²) in [6.45, 7) is -0.867. The van der Waals surface area contributed by atoms with Crippen molar-refractivity contribution in [1.82, 2.24) is 4.72 Å². The topological polar surface area (TPSA) is 139 Å². The summed E-state index contributed by atoms with van der Waals surface area (Å²) in [5.41, 5.74) is -4.93. The highest BCUT2D eigenvalue weighted by Gasteiger charge is 2.56. The van der Waals surface area contributed by atoms with E-state index in [1.807, 2.05) is 12.3 Å². The number of methoxy groups -OCH3 is 1. The Bertz CT molecular complexity index is 1710. The van der Waals surface area contributed by atoms with Gasteiger partial charge in [-0.2, -0.15) is 17.7 Å². The van der Waals surface area contributed by atoms with Gasteiger partial charge in [-0.05, 0) is 54.6 Å². The van der Waals surface area contributed by atoms with E-state index in [-0.39, 0.29) is 40.9 Å². The number of quaternary nitrogens is 1. The van der Waals surface area contributed by atoms with Crippen LogP contribution in [0, 0.1) is 0 Å². The molecule has 2 N–H and O–H groups in total. The van der Waals surface area contributed by atoms with Crippen molar-refractivity contribution in [3.05, 3.63) is 65.2 Å². The molecule has 4 rings (SSSR count). The van der Waals surface area contributed by atoms with Crippen molar-refractivity contribution in [2.24, 2.45) is 0 Å². The Kier molecular flexibility index (Phi) is 10.3. The van der Waals surface area contributed by atoms with E-state index in [0.717, 1.165) is 16.2 Å². The lowest BCUT2D eigenvalue weighted by Gasteiger charge is -2.39. The molecule has 0 radical (unpaired) electrons. The lowest BCUT2D eigenvalue weighted by molar-refractivity contribution is -0.756. The number of thiophene rings is 1. The minimum atomic E-state index is -5.84. The molecule has 0 saturated carbocycles. The molecule has 0 bridgehead atoms. The number of nitrogens with one attached hydrogen (secondary N) is 1. The number of imide groups is 1. The highest BCUT2D eigenvalue weighted by molar-refractivity contribution is 7.98. The van der Waals surface area contributed by atoms with Crippen LogP contribution in [0.5, 0.6) is 5.75 Å². The fourth-order valence-electron chi connectivity index (χ4n) is 4.87. The number of benzene rings is 2. The van der Waals surface area contributed by atoms with Crippen LogP contribution in [0.1, 0.15) is 28.4 Å². The first kappa shape index (κ1) is 34.4. The van der Waals surface area contributed by atoms with Crippen molar-refractivity contribution in [1.29, 1.82) is 0 Å². The Hall–Kier alpha value is -3.48. The predicted molar refractivity (Wildman–Crippen MR) is 162 cm³/mol. The second kappa shape index (κ2) is 13.5. The van der Waals surface area contributed by atoms with E-state index < -0.39 is 51.0 Å². The SMILES string of the molecule is CC[N+]1(CC(=O)O)C(=O)c2c(sc(-c3ccc(OCOC)cc3)c2CNS(=O)(=O)C(F)(F)F)N(Cc2ccccc2SC)C1=O. The number of alkyl halides is 3. The van der Waals surface area contributed by atoms with E-state index in [4.69, 9.17) is 9.47 Å². The standard InChI is InChI=1S/C28H28F3N3O8S3/c1-4-34(15-22(35)36)26(37)23-20(13-32-45(39,40)28(29,30)31)24(17-9-11-19(12-10-17)42-16-41-2)44-25(23)33(27(34)38)14-18-7-5-6-8-21(18)43-3/h5-12,32H,4,13-16H2,1-3H3/p+1. The van der Waals surface area contributed by atoms with Crippen LogP contribution in [0.4, 0.5) is 23.0 Å². The van der Waals surface area contributed by atoms with Crippen molar-refractivity contribution >= 4 is 56.0 Å². The fraction of sp³-hybridized carbons (Fsp3) is 0.321. The molecule has 17 heteroatoms. The maximum atomic E-state index is 14.2. The van der Waals surface area contributed by atoms with Gasteiger partial charge in [0.25, 0.3) is 0 Å². The maximum absolute atomic E-state index is 14.2. The van der Waals surface area contributed by atoms with Crippen LogP contribution in [0.25, 0.3) is 10.4 Å². The van der Waals surface area contributed by atoms with Crippen LogP contribution in [0.3, 0.4) is 0 Å². The molecule has 45 heavy (non-hydrogen) atoms. The molecule has 11 nitrogen and oxygen atoms in total. The van der Waals surface area contributed by atoms with Crippen molar-refractivity contribution in [3.63, 3.8) is 0 Å². The largest absolute Gasteiger partial charge is 0.511 e. The molecule has 242 valence electrons. The molecule has 0 spiro atoms. The van der Waals surface area contributed by atoms with Crippen molar-refractivity contribution in [2.45, 2.75) is 30.4 Å². The van der Waals surface area contributed by atoms with Gasteiger partial charge in [-0.1, -0.05) is 18.2 Å². The van der Waals surface area contributed by atoms with E-state index in [9.17, 15) is 41.1 Å². The van der Waals surface area contributed by atoms with Gasteiger partial charge in [0.05, 0.1) is 13.1 Å². The molecule has 1 atom stereocenters. The summed E-state index contributed by atoms with van der Waals surface area (Å²) in [5, 5.41) is 9.83. The van der Waals surface area contributed by atoms with Gasteiger partial charge < -0.3 is 14.6 Å². The zero-order valence-electron chi connectivity index (χ0n) is 24.2. The third-order valence-electron chi connectivity index (χ3n) is 7.10. The number of carboxylic acid groups (broad SMARTS) is 1. The van der Waals surface area contributed by atoms with Crippen LogP contribution in [-0.4, -0.2) is 74.7 Å². The molecule has 0 saturated heterocycles. The molecule has 3 amide bonds. The van der Waals surface area contributed by atoms with Gasteiger partial charge in [0.15, 0.2) is 13.3 Å². The van der Waals surface area contributed by atoms with E-state index in [1.54, 1.807) is 42.5 Å². The van der Waals surface area contributed by atoms with Crippen LogP contribution >= 0.6 is 23.1 Å². The quantitative estimate of drug-likeness (QED) is 0.140. The minimum Gasteiger partial charge on any atom is -0.477 e. The molecule has 3 aromatic rings. The van der Waals surface area contributed by atoms with E-state index in [1.165, 1.54) is 35.4 Å². The van der Waals surface area contributed by atoms with Crippen LogP contribution < -0.4 is 14.4 Å². The van der Waals surface area contributed by atoms with Crippen molar-refractivity contribution in [3.8, 4) is 16.2 Å². The lowest BCUT2D eigenvalue weighted by atomic mass is 10.0. The molecule has 0 aliphatic carbocycles. The second-order valence-electron chi connectivity index (χ2n) is 9.76. The Morgan fingerprint density at radius 3 is 2.38 bits per heavy atom. The van der Waals surface area contributed by atoms with E-state index >= 15 is 0 Å². The molecule has 2 aromatic carbocycles. The summed E-state index contributed by atoms with van der Waals surface area (Å²) in [6, 6.07) is 12.5. The minimum absolute atomic E-state index is 0.0548. The summed E-state index contributed by atoms with van der Waals surface area (Å²) in [6.07, 6.45) is 1.83. The summed E-state index contributed by atoms with van der Waals surface area (Å²) in [7, 11) is -4.41. The number of carbonyl (C=O) groups is 3. The van der Waals surface area contributed by atoms with Crippen molar-refractivity contribution in [2.75, 3.05) is 38.1 Å². The van der Waals surface area contributed by atoms with E-state index in [2.05, 4.69) is 0 Å². The Labute approximate surface area is 265 Å². The normalized spacial score (nSPS) is 17.0. The number of carboxylic acids is 1. The second-order valence-corrected chi connectivity index (χ2v) is 13.4. The van der Waals surface area contributed by atoms with Crippen LogP contribution in [0.15, 0.2) is 53.4 Å². The van der Waals surface area contributed by atoms with Gasteiger partial charge >= 0.3 is 33.4 Å². The number of sulfonamides is 1. The smallest absolute Gasteiger partial charge is 0.477 e. The number of anilines is 1. The Morgan fingerprint density at radius 1 is 1.13 bits per heavy atom. The highest BCUT2D eigenvalue weighted by Crippen LogP contribution is 2.48. The molecule has 1 unspecified atom stereocenters. The number of thioether (sulfide) groups is 1. The highest BCUT2D eigenvalue weighted by atomic mass is 32.2. The number of aliphatic carboxylic acids is 1. The number of rotatable bonds is 13. The van der Waals surface area contributed by atoms with Gasteiger partial charge in [-0.15, -0.1) is 23.1 Å². The molecule has 1 aliphatic heterocycles. The first-order chi connectivity index (χ1) is 21.2. The zero-order chi connectivity index (χ0) is 33.2. The Morgan fingerprint density at radius 2 is 1.80 bits per heavy atom. The first-order valence-corrected chi connectivity index (χ1v) is 16.7. The number of amides is 3. The number of likely N-dealkylation sites (N-methyl/N-ethyl adjacent to an activating group) is 1. The van der Waals surface area contributed by atoms with Crippen LogP contribution in [0.2, 0.25) is 0 Å². The lowest BCUT2D eigenvalue weighted by Crippen LogP contribution is -2.66. The molecule has 1 aliphatic rings. The van der Waals surface area contributed by atoms with Crippen molar-refractivity contribution < 1.29 is 55.0 Å². The number of carbonyl (C=O) groups excluding carboxylic acids is 2. The fourth-order valence-corrected chi connectivity index (χ4v) is 7.28. The summed E-state index contributed by atoms with van der Waals surface area (Å²) < 4.78 is 74.7. The maximum Gasteiger partial charge on any atom is 0.511 e. The first-order valence-electron chi connectivity index (χ1n) is 13.2. The number of halogens is 3. The number of nitrogens with zero attached hydrogens (tertiary/aromatic N) is 2. The Balaban J connectivity index is 1.98. The summed E-state index contributed by atoms with van der Waals surface area (Å²) in [5.74, 6) is -2.02. The van der Waals surface area contributed by atoms with E-state index in [0.29, 0.717) is 16.9 Å². The van der Waals surface area contributed by atoms with Gasteiger partial charge in [0.2, 0.25) is 0 Å². The number of hydrogen-bond donors (Lipinski definition) is 2. The summed E-state index contributed by atoms with van der Waals surface area (Å²) >= 11 is 2.32. The number of ether oxygens (including phenoxy) is 2.